The normalized spacial score (nSPS) is 13.6. The Labute approximate surface area is 82.9 Å². The fraction of sp³-hybridized carbons (Fsp3) is 0.273. The summed E-state index contributed by atoms with van der Waals surface area (Å²) in [7, 11) is 1.62. The van der Waals surface area contributed by atoms with Gasteiger partial charge in [0.15, 0.2) is 11.5 Å². The molecule has 0 atom stereocenters. The lowest BCUT2D eigenvalue weighted by molar-refractivity contribution is 0.171. The third-order valence-electron chi connectivity index (χ3n) is 2.04. The molecule has 1 heterocycles. The first-order valence-electron chi connectivity index (χ1n) is 4.45. The highest BCUT2D eigenvalue weighted by atomic mass is 16.7. The first kappa shape index (κ1) is 8.94. The van der Waals surface area contributed by atoms with Crippen LogP contribution in [0.15, 0.2) is 18.2 Å². The molecule has 0 spiro atoms. The van der Waals surface area contributed by atoms with Gasteiger partial charge >= 0.3 is 0 Å². The van der Waals surface area contributed by atoms with Crippen molar-refractivity contribution in [1.82, 2.24) is 0 Å². The first-order chi connectivity index (χ1) is 6.85. The van der Waals surface area contributed by atoms with Crippen LogP contribution >= 0.6 is 0 Å². The second-order valence-corrected chi connectivity index (χ2v) is 2.96. The summed E-state index contributed by atoms with van der Waals surface area (Å²) in [5.41, 5.74) is 1.05. The zero-order valence-corrected chi connectivity index (χ0v) is 8.24. The molecule has 0 saturated carbocycles. The van der Waals surface area contributed by atoms with Crippen LogP contribution in [-0.4, -0.2) is 13.9 Å². The molecule has 0 bridgehead atoms. The third-order valence-corrected chi connectivity index (χ3v) is 2.04. The Morgan fingerprint density at radius 1 is 1.36 bits per heavy atom. The van der Waals surface area contributed by atoms with Gasteiger partial charge in [0.2, 0.25) is 12.5 Å². The standard InChI is InChI=1S/C11H12O3/c1-3-4-8-5-9(12-2)11-10(6-8)13-7-14-11/h3-6H,7H2,1-2H3/b4-3+. The summed E-state index contributed by atoms with van der Waals surface area (Å²) in [5.74, 6) is 2.16. The highest BCUT2D eigenvalue weighted by Gasteiger charge is 2.19. The van der Waals surface area contributed by atoms with Crippen LogP contribution in [0.1, 0.15) is 12.5 Å². The molecule has 14 heavy (non-hydrogen) atoms. The topological polar surface area (TPSA) is 27.7 Å². The molecule has 1 aromatic rings. The van der Waals surface area contributed by atoms with Gasteiger partial charge in [0.25, 0.3) is 0 Å². The average molecular weight is 192 g/mol. The van der Waals surface area contributed by atoms with E-state index < -0.39 is 0 Å². The molecule has 0 N–H and O–H groups in total. The van der Waals surface area contributed by atoms with E-state index in [4.69, 9.17) is 14.2 Å². The van der Waals surface area contributed by atoms with Crippen molar-refractivity contribution in [3.63, 3.8) is 0 Å². The number of fused-ring (bicyclic) bond motifs is 1. The molecule has 0 amide bonds. The number of allylic oxidation sites excluding steroid dienone is 1. The molecule has 1 aliphatic heterocycles. The predicted octanol–water partition coefficient (Wildman–Crippen LogP) is 2.46. The minimum Gasteiger partial charge on any atom is -0.493 e. The maximum absolute atomic E-state index is 5.29. The summed E-state index contributed by atoms with van der Waals surface area (Å²) < 4.78 is 15.8. The Balaban J connectivity index is 2.49. The number of hydrogen-bond acceptors (Lipinski definition) is 3. The van der Waals surface area contributed by atoms with Crippen LogP contribution in [0, 0.1) is 0 Å². The van der Waals surface area contributed by atoms with Crippen LogP contribution in [0.5, 0.6) is 17.2 Å². The molecule has 3 heteroatoms. The zero-order valence-electron chi connectivity index (χ0n) is 8.24. The second-order valence-electron chi connectivity index (χ2n) is 2.96. The SMILES string of the molecule is C/C=C/c1cc(OC)c2c(c1)OCO2. The molecule has 0 radical (unpaired) electrons. The molecule has 0 fully saturated rings. The van der Waals surface area contributed by atoms with Crippen LogP contribution in [0.25, 0.3) is 6.08 Å². The summed E-state index contributed by atoms with van der Waals surface area (Å²) in [6.45, 7) is 2.24. The van der Waals surface area contributed by atoms with Crippen LogP contribution in [0.3, 0.4) is 0 Å². The van der Waals surface area contributed by atoms with Gasteiger partial charge in [-0.05, 0) is 24.6 Å². The van der Waals surface area contributed by atoms with E-state index in [-0.39, 0.29) is 6.79 Å². The predicted molar refractivity (Wildman–Crippen MR) is 53.8 cm³/mol. The number of methoxy groups -OCH3 is 1. The van der Waals surface area contributed by atoms with Gasteiger partial charge in [-0.1, -0.05) is 12.2 Å². The van der Waals surface area contributed by atoms with E-state index >= 15 is 0 Å². The summed E-state index contributed by atoms with van der Waals surface area (Å²) in [6.07, 6.45) is 3.96. The lowest BCUT2D eigenvalue weighted by atomic mass is 10.1. The van der Waals surface area contributed by atoms with Crippen molar-refractivity contribution in [2.75, 3.05) is 13.9 Å². The van der Waals surface area contributed by atoms with Gasteiger partial charge in [-0.25, -0.2) is 0 Å². The molecule has 2 rings (SSSR count). The lowest BCUT2D eigenvalue weighted by Crippen LogP contribution is -1.93. The molecule has 1 aliphatic rings. The van der Waals surface area contributed by atoms with Crippen molar-refractivity contribution in [1.29, 1.82) is 0 Å². The number of benzene rings is 1. The Kier molecular flexibility index (Phi) is 2.31. The van der Waals surface area contributed by atoms with Gasteiger partial charge in [0.1, 0.15) is 0 Å². The van der Waals surface area contributed by atoms with Crippen LogP contribution < -0.4 is 14.2 Å². The van der Waals surface area contributed by atoms with Crippen LogP contribution in [0.4, 0.5) is 0 Å². The van der Waals surface area contributed by atoms with E-state index in [1.807, 2.05) is 31.2 Å². The van der Waals surface area contributed by atoms with Crippen molar-refractivity contribution in [2.24, 2.45) is 0 Å². The first-order valence-corrected chi connectivity index (χ1v) is 4.45. The highest BCUT2D eigenvalue weighted by molar-refractivity contribution is 5.62. The van der Waals surface area contributed by atoms with Crippen LogP contribution in [-0.2, 0) is 0 Å². The van der Waals surface area contributed by atoms with Crippen molar-refractivity contribution >= 4 is 6.08 Å². The summed E-state index contributed by atoms with van der Waals surface area (Å²) in [6, 6.07) is 3.86. The summed E-state index contributed by atoms with van der Waals surface area (Å²) in [5, 5.41) is 0. The van der Waals surface area contributed by atoms with Gasteiger partial charge < -0.3 is 14.2 Å². The monoisotopic (exact) mass is 192 g/mol. The van der Waals surface area contributed by atoms with Gasteiger partial charge in [-0.3, -0.25) is 0 Å². The molecular weight excluding hydrogens is 180 g/mol. The Hall–Kier alpha value is -1.64. The smallest absolute Gasteiger partial charge is 0.231 e. The molecule has 3 nitrogen and oxygen atoms in total. The van der Waals surface area contributed by atoms with E-state index in [2.05, 4.69) is 0 Å². The van der Waals surface area contributed by atoms with Crippen molar-refractivity contribution in [3.05, 3.63) is 23.8 Å². The number of hydrogen-bond donors (Lipinski definition) is 0. The van der Waals surface area contributed by atoms with Crippen molar-refractivity contribution in [2.45, 2.75) is 6.92 Å². The van der Waals surface area contributed by atoms with Crippen LogP contribution in [0.2, 0.25) is 0 Å². The van der Waals surface area contributed by atoms with E-state index in [9.17, 15) is 0 Å². The summed E-state index contributed by atoms with van der Waals surface area (Å²) >= 11 is 0. The number of rotatable bonds is 2. The fourth-order valence-corrected chi connectivity index (χ4v) is 1.44. The molecule has 0 aromatic heterocycles. The van der Waals surface area contributed by atoms with E-state index in [0.29, 0.717) is 11.5 Å². The third kappa shape index (κ3) is 1.41. The Bertz CT molecular complexity index is 369. The maximum atomic E-state index is 5.29. The molecule has 74 valence electrons. The van der Waals surface area contributed by atoms with E-state index in [0.717, 1.165) is 11.3 Å². The summed E-state index contributed by atoms with van der Waals surface area (Å²) in [4.78, 5) is 0. The highest BCUT2D eigenvalue weighted by Crippen LogP contribution is 2.41. The largest absolute Gasteiger partial charge is 0.493 e. The van der Waals surface area contributed by atoms with Crippen molar-refractivity contribution < 1.29 is 14.2 Å². The van der Waals surface area contributed by atoms with Gasteiger partial charge in [0, 0.05) is 0 Å². The van der Waals surface area contributed by atoms with Crippen molar-refractivity contribution in [3.8, 4) is 17.2 Å². The fourth-order valence-electron chi connectivity index (χ4n) is 1.44. The zero-order chi connectivity index (χ0) is 9.97. The molecular formula is C11H12O3. The Morgan fingerprint density at radius 2 is 2.21 bits per heavy atom. The van der Waals surface area contributed by atoms with E-state index in [1.165, 1.54) is 0 Å². The average Bonchev–Trinajstić information content (AvgIpc) is 2.65. The van der Waals surface area contributed by atoms with Gasteiger partial charge in [-0.2, -0.15) is 0 Å². The van der Waals surface area contributed by atoms with E-state index in [1.54, 1.807) is 7.11 Å². The van der Waals surface area contributed by atoms with Gasteiger partial charge in [0.05, 0.1) is 7.11 Å². The Morgan fingerprint density at radius 3 is 2.93 bits per heavy atom. The molecule has 0 saturated heterocycles. The molecule has 1 aromatic carbocycles. The maximum Gasteiger partial charge on any atom is 0.231 e. The quantitative estimate of drug-likeness (QED) is 0.720. The molecule has 0 aliphatic carbocycles. The second kappa shape index (κ2) is 3.62. The number of ether oxygens (including phenoxy) is 3. The van der Waals surface area contributed by atoms with Gasteiger partial charge in [-0.15, -0.1) is 0 Å². The minimum atomic E-state index is 0.269. The minimum absolute atomic E-state index is 0.269. The lowest BCUT2D eigenvalue weighted by Gasteiger charge is -2.05. The molecule has 0 unspecified atom stereocenters.